The molecule has 1 fully saturated rings. The highest BCUT2D eigenvalue weighted by Crippen LogP contribution is 2.22. The molecule has 0 aliphatic carbocycles. The molecule has 1 aliphatic rings. The molecule has 0 radical (unpaired) electrons. The largest absolute Gasteiger partial charge is 0.497 e. The summed E-state index contributed by atoms with van der Waals surface area (Å²) in [6.45, 7) is 6.15. The van der Waals surface area contributed by atoms with Crippen molar-refractivity contribution < 1.29 is 19.1 Å². The lowest BCUT2D eigenvalue weighted by molar-refractivity contribution is 0.0384. The first-order valence-electron chi connectivity index (χ1n) is 12.7. The van der Waals surface area contributed by atoms with E-state index < -0.39 is 5.91 Å². The fraction of sp³-hybridized carbons (Fsp3) is 0.276. The molecule has 4 rings (SSSR count). The average molecular weight is 595 g/mol. The fourth-order valence-electron chi connectivity index (χ4n) is 4.02. The van der Waals surface area contributed by atoms with Crippen LogP contribution in [0, 0.1) is 0 Å². The zero-order valence-corrected chi connectivity index (χ0v) is 23.4. The van der Waals surface area contributed by atoms with Crippen LogP contribution in [0.25, 0.3) is 0 Å². The van der Waals surface area contributed by atoms with Gasteiger partial charge in [0.05, 0.1) is 37.8 Å². The van der Waals surface area contributed by atoms with Crippen LogP contribution in [0.2, 0.25) is 0 Å². The summed E-state index contributed by atoms with van der Waals surface area (Å²) in [6, 6.07) is 19.8. The van der Waals surface area contributed by atoms with E-state index in [1.165, 1.54) is 6.21 Å². The van der Waals surface area contributed by atoms with Crippen LogP contribution in [0.1, 0.15) is 31.8 Å². The van der Waals surface area contributed by atoms with Crippen LogP contribution in [0.4, 0.5) is 5.69 Å². The van der Waals surface area contributed by atoms with Crippen molar-refractivity contribution in [3.63, 3.8) is 0 Å². The van der Waals surface area contributed by atoms with Gasteiger partial charge in [0.2, 0.25) is 0 Å². The molecule has 0 saturated carbocycles. The van der Waals surface area contributed by atoms with Gasteiger partial charge >= 0.3 is 0 Å². The van der Waals surface area contributed by atoms with Crippen molar-refractivity contribution in [2.24, 2.45) is 5.10 Å². The van der Waals surface area contributed by atoms with Gasteiger partial charge in [0, 0.05) is 42.8 Å². The molecule has 10 heteroatoms. The van der Waals surface area contributed by atoms with Gasteiger partial charge in [-0.3, -0.25) is 14.5 Å². The predicted molar refractivity (Wildman–Crippen MR) is 156 cm³/mol. The van der Waals surface area contributed by atoms with E-state index in [0.29, 0.717) is 21.5 Å². The molecule has 39 heavy (non-hydrogen) atoms. The van der Waals surface area contributed by atoms with Gasteiger partial charge in [-0.05, 0) is 53.6 Å². The minimum absolute atomic E-state index is 0.279. The van der Waals surface area contributed by atoms with Gasteiger partial charge in [-0.1, -0.05) is 40.2 Å². The van der Waals surface area contributed by atoms with E-state index in [1.807, 2.05) is 30.3 Å². The molecule has 0 unspecified atom stereocenters. The minimum Gasteiger partial charge on any atom is -0.497 e. The Hall–Kier alpha value is -3.57. The molecule has 3 N–H and O–H groups in total. The van der Waals surface area contributed by atoms with Gasteiger partial charge in [0.1, 0.15) is 5.75 Å². The van der Waals surface area contributed by atoms with Gasteiger partial charge in [-0.15, -0.1) is 0 Å². The van der Waals surface area contributed by atoms with Crippen LogP contribution in [0.3, 0.4) is 0 Å². The zero-order chi connectivity index (χ0) is 27.5. The van der Waals surface area contributed by atoms with Crippen molar-refractivity contribution >= 4 is 39.6 Å². The molecule has 9 nitrogen and oxygen atoms in total. The smallest absolute Gasteiger partial charge is 0.273 e. The fourth-order valence-corrected chi connectivity index (χ4v) is 4.39. The highest BCUT2D eigenvalue weighted by atomic mass is 79.9. The number of hydrazone groups is 1. The molecule has 1 heterocycles. The van der Waals surface area contributed by atoms with Crippen LogP contribution in [0.15, 0.2) is 76.3 Å². The van der Waals surface area contributed by atoms with Crippen molar-refractivity contribution in [2.45, 2.75) is 6.54 Å². The number of benzene rings is 3. The number of halogens is 1. The first kappa shape index (κ1) is 28.4. The number of amides is 2. The molecule has 204 valence electrons. The monoisotopic (exact) mass is 593 g/mol. The van der Waals surface area contributed by atoms with Crippen LogP contribution in [0.5, 0.6) is 5.75 Å². The Morgan fingerprint density at radius 1 is 1.05 bits per heavy atom. The summed E-state index contributed by atoms with van der Waals surface area (Å²) in [4.78, 5) is 28.2. The van der Waals surface area contributed by atoms with E-state index in [-0.39, 0.29) is 11.5 Å². The second kappa shape index (κ2) is 14.5. The number of hydrogen-bond acceptors (Lipinski definition) is 7. The molecule has 1 aliphatic heterocycles. The van der Waals surface area contributed by atoms with Crippen LogP contribution in [-0.4, -0.2) is 69.4 Å². The molecule has 0 aromatic heterocycles. The average Bonchev–Trinajstić information content (AvgIpc) is 2.97. The van der Waals surface area contributed by atoms with Crippen molar-refractivity contribution in [3.8, 4) is 5.75 Å². The highest BCUT2D eigenvalue weighted by Gasteiger charge is 2.15. The highest BCUT2D eigenvalue weighted by molar-refractivity contribution is 9.10. The summed E-state index contributed by atoms with van der Waals surface area (Å²) >= 11 is 3.39. The maximum atomic E-state index is 13.0. The number of ether oxygens (including phenoxy) is 2. The molecule has 1 saturated heterocycles. The van der Waals surface area contributed by atoms with E-state index in [0.717, 1.165) is 57.1 Å². The Bertz CT molecular complexity index is 1290. The van der Waals surface area contributed by atoms with Gasteiger partial charge < -0.3 is 20.1 Å². The van der Waals surface area contributed by atoms with Gasteiger partial charge in [-0.25, -0.2) is 5.43 Å². The second-order valence-electron chi connectivity index (χ2n) is 8.95. The van der Waals surface area contributed by atoms with Gasteiger partial charge in [0.25, 0.3) is 11.8 Å². The normalized spacial score (nSPS) is 13.8. The summed E-state index contributed by atoms with van der Waals surface area (Å²) in [6.07, 6.45) is 1.52. The van der Waals surface area contributed by atoms with Crippen LogP contribution < -0.4 is 20.8 Å². The number of carbonyl (C=O) groups excluding carboxylic acids is 2. The third-order valence-corrected chi connectivity index (χ3v) is 6.69. The number of hydrogen-bond donors (Lipinski definition) is 3. The number of methoxy groups -OCH3 is 1. The third-order valence-electron chi connectivity index (χ3n) is 6.20. The summed E-state index contributed by atoms with van der Waals surface area (Å²) in [5.41, 5.74) is 5.54. The van der Waals surface area contributed by atoms with E-state index in [2.05, 4.69) is 42.0 Å². The van der Waals surface area contributed by atoms with E-state index >= 15 is 0 Å². The van der Waals surface area contributed by atoms with E-state index in [4.69, 9.17) is 9.47 Å². The number of nitrogens with zero attached hydrogens (tertiary/aromatic N) is 2. The van der Waals surface area contributed by atoms with Crippen molar-refractivity contribution in [1.29, 1.82) is 0 Å². The van der Waals surface area contributed by atoms with E-state index in [1.54, 1.807) is 43.5 Å². The lowest BCUT2D eigenvalue weighted by atomic mass is 10.1. The SMILES string of the molecule is COc1cccc(/C=N/NC(=O)c2cc(Br)ccc2NC(=O)c2ccc(CNCCN3CCOCC3)cc2)c1. The van der Waals surface area contributed by atoms with Crippen LogP contribution in [-0.2, 0) is 11.3 Å². The standard InChI is InChI=1S/C29H32BrN5O4/c1-38-25-4-2-3-22(17-25)20-32-34-29(37)26-18-24(30)9-10-27(26)33-28(36)23-7-5-21(6-8-23)19-31-11-12-35-13-15-39-16-14-35/h2-10,17-18,20,31H,11-16,19H2,1H3,(H,33,36)(H,34,37)/b32-20+. The maximum absolute atomic E-state index is 13.0. The Balaban J connectivity index is 1.32. The third kappa shape index (κ3) is 8.72. The molecular weight excluding hydrogens is 562 g/mol. The van der Waals surface area contributed by atoms with Gasteiger partial charge in [0.15, 0.2) is 0 Å². The lowest BCUT2D eigenvalue weighted by Gasteiger charge is -2.26. The van der Waals surface area contributed by atoms with Crippen molar-refractivity contribution in [3.05, 3.63) is 93.5 Å². The zero-order valence-electron chi connectivity index (χ0n) is 21.8. The minimum atomic E-state index is -0.454. The molecule has 3 aromatic carbocycles. The number of morpholine rings is 1. The Morgan fingerprint density at radius 3 is 2.62 bits per heavy atom. The second-order valence-corrected chi connectivity index (χ2v) is 9.86. The van der Waals surface area contributed by atoms with E-state index in [9.17, 15) is 9.59 Å². The van der Waals surface area contributed by atoms with Crippen molar-refractivity contribution in [1.82, 2.24) is 15.6 Å². The van der Waals surface area contributed by atoms with Gasteiger partial charge in [-0.2, -0.15) is 5.10 Å². The Kier molecular flexibility index (Phi) is 10.6. The summed E-state index contributed by atoms with van der Waals surface area (Å²) < 4.78 is 11.3. The number of rotatable bonds is 11. The number of anilines is 1. The summed E-state index contributed by atoms with van der Waals surface area (Å²) in [5.74, 6) is -0.0716. The summed E-state index contributed by atoms with van der Waals surface area (Å²) in [5, 5.41) is 10.3. The predicted octanol–water partition coefficient (Wildman–Crippen LogP) is 3.90. The number of nitrogens with one attached hydrogen (secondary N) is 3. The molecule has 2 amide bonds. The summed E-state index contributed by atoms with van der Waals surface area (Å²) in [7, 11) is 1.58. The first-order chi connectivity index (χ1) is 19.0. The first-order valence-corrected chi connectivity index (χ1v) is 13.5. The Morgan fingerprint density at radius 2 is 1.85 bits per heavy atom. The van der Waals surface area contributed by atoms with Crippen molar-refractivity contribution in [2.75, 3.05) is 51.8 Å². The topological polar surface area (TPSA) is 104 Å². The lowest BCUT2D eigenvalue weighted by Crippen LogP contribution is -2.40. The molecular formula is C29H32BrN5O4. The Labute approximate surface area is 236 Å². The molecule has 0 bridgehead atoms. The molecule has 0 spiro atoms. The molecule has 3 aromatic rings. The van der Waals surface area contributed by atoms with Crippen LogP contribution >= 0.6 is 15.9 Å². The maximum Gasteiger partial charge on any atom is 0.273 e. The quantitative estimate of drug-likeness (QED) is 0.177. The number of carbonyl (C=O) groups is 2. The molecule has 0 atom stereocenters.